The average Bonchev–Trinajstić information content (AvgIpc) is 2.22. The topological polar surface area (TPSA) is 66.8 Å². The molecule has 0 bridgehead atoms. The third-order valence-corrected chi connectivity index (χ3v) is 3.03. The highest BCUT2D eigenvalue weighted by molar-refractivity contribution is 6.70. The molecule has 0 unspecified atom stereocenters. The summed E-state index contributed by atoms with van der Waals surface area (Å²) in [7, 11) is -1.50. The summed E-state index contributed by atoms with van der Waals surface area (Å²) in [6.07, 6.45) is 3.76. The zero-order valence-electron chi connectivity index (χ0n) is 13.9. The number of aliphatic hydroxyl groups is 1. The maximum Gasteiger partial charge on any atom is 0.300 e. The lowest BCUT2D eigenvalue weighted by Crippen LogP contribution is -2.25. The highest BCUT2D eigenvalue weighted by Crippen LogP contribution is 2.20. The number of carbonyl (C=O) groups is 1. The molecule has 0 rings (SSSR count). The van der Waals surface area contributed by atoms with Gasteiger partial charge in [-0.3, -0.25) is 4.79 Å². The fourth-order valence-corrected chi connectivity index (χ4v) is 2.39. The normalized spacial score (nSPS) is 11.3. The second-order valence-corrected chi connectivity index (χ2v) is 10.3. The quantitative estimate of drug-likeness (QED) is 0.443. The number of allylic oxidation sites excluding steroid dienone is 3. The summed E-state index contributed by atoms with van der Waals surface area (Å²) in [5, 5.41) is 16.2. The Morgan fingerprint density at radius 1 is 1.10 bits per heavy atom. The number of aliphatic hydroxyl groups excluding tert-OH is 1. The molecule has 0 saturated carbocycles. The van der Waals surface area contributed by atoms with Gasteiger partial charge in [0.25, 0.3) is 5.97 Å². The second kappa shape index (κ2) is 10.7. The first-order valence-corrected chi connectivity index (χ1v) is 10.2. The Morgan fingerprint density at radius 2 is 1.55 bits per heavy atom. The van der Waals surface area contributed by atoms with E-state index >= 15 is 0 Å². The molecular formula is C15H30O4Si. The van der Waals surface area contributed by atoms with Crippen molar-refractivity contribution < 1.29 is 19.4 Å². The molecular weight excluding hydrogens is 272 g/mol. The smallest absolute Gasteiger partial charge is 0.300 e. The van der Waals surface area contributed by atoms with Crippen molar-refractivity contribution in [2.75, 3.05) is 6.61 Å². The van der Waals surface area contributed by atoms with Gasteiger partial charge in [-0.05, 0) is 52.4 Å². The maximum atomic E-state index is 9.00. The van der Waals surface area contributed by atoms with Gasteiger partial charge in [-0.2, -0.15) is 0 Å². The van der Waals surface area contributed by atoms with Crippen molar-refractivity contribution in [1.29, 1.82) is 0 Å². The zero-order valence-corrected chi connectivity index (χ0v) is 14.9. The van der Waals surface area contributed by atoms with Gasteiger partial charge >= 0.3 is 0 Å². The molecule has 2 N–H and O–H groups in total. The van der Waals surface area contributed by atoms with Crippen LogP contribution in [0.4, 0.5) is 0 Å². The monoisotopic (exact) mass is 302 g/mol. The first-order valence-electron chi connectivity index (χ1n) is 6.81. The molecule has 20 heavy (non-hydrogen) atoms. The summed E-state index contributed by atoms with van der Waals surface area (Å²) in [5.41, 5.74) is 2.49. The van der Waals surface area contributed by atoms with E-state index in [1.54, 1.807) is 0 Å². The van der Waals surface area contributed by atoms with Crippen LogP contribution in [0, 0.1) is 0 Å². The summed E-state index contributed by atoms with van der Waals surface area (Å²) >= 11 is 0. The Bertz CT molecular complexity index is 343. The molecule has 0 radical (unpaired) electrons. The third-order valence-electron chi connectivity index (χ3n) is 2.17. The van der Waals surface area contributed by atoms with Crippen molar-refractivity contribution in [3.8, 4) is 0 Å². The van der Waals surface area contributed by atoms with Crippen molar-refractivity contribution in [1.82, 2.24) is 0 Å². The average molecular weight is 302 g/mol. The summed E-state index contributed by atoms with van der Waals surface area (Å²) < 4.78 is 6.06. The van der Waals surface area contributed by atoms with Crippen molar-refractivity contribution >= 4 is 14.3 Å². The van der Waals surface area contributed by atoms with Gasteiger partial charge in [0.05, 0.1) is 12.4 Å². The summed E-state index contributed by atoms with van der Waals surface area (Å²) in [4.78, 5) is 9.00. The summed E-state index contributed by atoms with van der Waals surface area (Å²) in [5.74, 6) is 0.296. The number of carboxylic acids is 1. The van der Waals surface area contributed by atoms with Gasteiger partial charge in [-0.15, -0.1) is 0 Å². The highest BCUT2D eigenvalue weighted by Gasteiger charge is 2.18. The second-order valence-electron chi connectivity index (χ2n) is 5.89. The van der Waals surface area contributed by atoms with Crippen LogP contribution in [0.5, 0.6) is 0 Å². The number of rotatable bonds is 6. The molecule has 0 aromatic rings. The zero-order chi connectivity index (χ0) is 16.3. The predicted octanol–water partition coefficient (Wildman–Crippen LogP) is 3.94. The third kappa shape index (κ3) is 16.9. The van der Waals surface area contributed by atoms with Crippen LogP contribution in [-0.2, 0) is 9.22 Å². The van der Waals surface area contributed by atoms with Crippen LogP contribution in [-0.4, -0.2) is 31.1 Å². The van der Waals surface area contributed by atoms with E-state index in [1.807, 2.05) is 13.0 Å². The summed E-state index contributed by atoms with van der Waals surface area (Å²) in [6.45, 7) is 14.1. The van der Waals surface area contributed by atoms with E-state index in [4.69, 9.17) is 19.4 Å². The van der Waals surface area contributed by atoms with Crippen LogP contribution in [0.3, 0.4) is 0 Å². The summed E-state index contributed by atoms with van der Waals surface area (Å²) in [6, 6.07) is 0. The van der Waals surface area contributed by atoms with E-state index in [0.717, 1.165) is 25.5 Å². The molecule has 0 spiro atoms. The van der Waals surface area contributed by atoms with Crippen molar-refractivity contribution in [2.24, 2.45) is 0 Å². The van der Waals surface area contributed by atoms with Gasteiger partial charge in [0.2, 0.25) is 8.32 Å². The van der Waals surface area contributed by atoms with Crippen LogP contribution in [0.25, 0.3) is 0 Å². The molecule has 0 aliphatic rings. The van der Waals surface area contributed by atoms with E-state index in [9.17, 15) is 0 Å². The first-order chi connectivity index (χ1) is 8.99. The maximum absolute atomic E-state index is 9.00. The molecule has 0 aromatic carbocycles. The van der Waals surface area contributed by atoms with Gasteiger partial charge in [0.1, 0.15) is 0 Å². The van der Waals surface area contributed by atoms with Gasteiger partial charge < -0.3 is 14.6 Å². The molecule has 0 aliphatic heterocycles. The van der Waals surface area contributed by atoms with Crippen molar-refractivity contribution in [2.45, 2.75) is 60.2 Å². The standard InChI is InChI=1S/C13H26O2Si.C2H4O2/c1-11(2)13(15-16(4,5)6)8-7-12(3)9-10-14;1-2(3)4/h9,14H,7-8,10H2,1-6H3;1H3,(H,3,4). The van der Waals surface area contributed by atoms with Gasteiger partial charge in [0, 0.05) is 13.3 Å². The van der Waals surface area contributed by atoms with Crippen molar-refractivity contribution in [3.05, 3.63) is 23.0 Å². The molecule has 0 aromatic heterocycles. The molecule has 0 fully saturated rings. The highest BCUT2D eigenvalue weighted by atomic mass is 28.4. The molecule has 118 valence electrons. The van der Waals surface area contributed by atoms with Crippen molar-refractivity contribution in [3.63, 3.8) is 0 Å². The number of hydrogen-bond donors (Lipinski definition) is 2. The molecule has 0 saturated heterocycles. The van der Waals surface area contributed by atoms with Gasteiger partial charge in [-0.1, -0.05) is 11.6 Å². The Kier molecular flexibility index (Phi) is 11.3. The van der Waals surface area contributed by atoms with Gasteiger partial charge in [-0.25, -0.2) is 0 Å². The van der Waals surface area contributed by atoms with E-state index in [1.165, 1.54) is 11.1 Å². The minimum atomic E-state index is -1.50. The number of hydrogen-bond acceptors (Lipinski definition) is 3. The Balaban J connectivity index is 0. The first kappa shape index (κ1) is 21.2. The number of aliphatic carboxylic acids is 1. The van der Waals surface area contributed by atoms with Crippen LogP contribution >= 0.6 is 0 Å². The van der Waals surface area contributed by atoms with E-state index in [-0.39, 0.29) is 6.61 Å². The minimum absolute atomic E-state index is 0.130. The molecule has 0 aliphatic carbocycles. The van der Waals surface area contributed by atoms with Crippen LogP contribution in [0.15, 0.2) is 23.0 Å². The molecule has 0 heterocycles. The minimum Gasteiger partial charge on any atom is -0.547 e. The molecule has 4 nitrogen and oxygen atoms in total. The van der Waals surface area contributed by atoms with E-state index in [0.29, 0.717) is 0 Å². The Labute approximate surface area is 124 Å². The largest absolute Gasteiger partial charge is 0.547 e. The fourth-order valence-electron chi connectivity index (χ4n) is 1.34. The van der Waals surface area contributed by atoms with E-state index < -0.39 is 14.3 Å². The molecule has 0 atom stereocenters. The molecule has 0 amide bonds. The number of carboxylic acid groups (broad SMARTS) is 1. The predicted molar refractivity (Wildman–Crippen MR) is 86.2 cm³/mol. The fraction of sp³-hybridized carbons (Fsp3) is 0.667. The SMILES string of the molecule is CC(=CCO)CCC(O[Si](C)(C)C)=C(C)C.CC(=O)O. The van der Waals surface area contributed by atoms with Gasteiger partial charge in [0.15, 0.2) is 0 Å². The van der Waals surface area contributed by atoms with Crippen LogP contribution in [0.1, 0.15) is 40.5 Å². The van der Waals surface area contributed by atoms with Crippen LogP contribution in [0.2, 0.25) is 19.6 Å². The lowest BCUT2D eigenvalue weighted by molar-refractivity contribution is -0.134. The lowest BCUT2D eigenvalue weighted by Gasteiger charge is -2.23. The Hall–Kier alpha value is -1.07. The van der Waals surface area contributed by atoms with Crippen LogP contribution < -0.4 is 0 Å². The lowest BCUT2D eigenvalue weighted by atomic mass is 10.1. The van der Waals surface area contributed by atoms with E-state index in [2.05, 4.69) is 33.5 Å². The molecule has 5 heteroatoms. The Morgan fingerprint density at radius 3 is 1.85 bits per heavy atom.